The highest BCUT2D eigenvalue weighted by Crippen LogP contribution is 2.26. The zero-order valence-corrected chi connectivity index (χ0v) is 19.4. The van der Waals surface area contributed by atoms with Crippen molar-refractivity contribution in [2.24, 2.45) is 5.92 Å². The first-order chi connectivity index (χ1) is 14.9. The van der Waals surface area contributed by atoms with Gasteiger partial charge in [-0.3, -0.25) is 4.79 Å². The van der Waals surface area contributed by atoms with Crippen LogP contribution in [0.3, 0.4) is 0 Å². The molecule has 172 valence electrons. The zero-order valence-electron chi connectivity index (χ0n) is 18.6. The van der Waals surface area contributed by atoms with Gasteiger partial charge in [0.1, 0.15) is 0 Å². The lowest BCUT2D eigenvalue weighted by molar-refractivity contribution is -0.137. The monoisotopic (exact) mass is 450 g/mol. The van der Waals surface area contributed by atoms with E-state index in [1.807, 2.05) is 4.90 Å². The summed E-state index contributed by atoms with van der Waals surface area (Å²) < 4.78 is 34.3. The molecular formula is C22H34N4O4S. The highest BCUT2D eigenvalue weighted by atomic mass is 32.2. The molecule has 1 amide bonds. The summed E-state index contributed by atoms with van der Waals surface area (Å²) in [4.78, 5) is 17.5. The molecule has 4 rings (SSSR count). The van der Waals surface area contributed by atoms with Gasteiger partial charge in [0.2, 0.25) is 5.91 Å². The van der Waals surface area contributed by atoms with Crippen LogP contribution < -0.4 is 4.90 Å². The maximum atomic E-state index is 13.2. The van der Waals surface area contributed by atoms with Crippen LogP contribution in [0.5, 0.6) is 0 Å². The van der Waals surface area contributed by atoms with E-state index in [1.54, 1.807) is 0 Å². The Hall–Kier alpha value is -1.68. The topological polar surface area (TPSA) is 73.4 Å². The predicted octanol–water partition coefficient (Wildman–Crippen LogP) is 1.24. The van der Waals surface area contributed by atoms with E-state index in [9.17, 15) is 13.2 Å². The summed E-state index contributed by atoms with van der Waals surface area (Å²) in [6.07, 6.45) is 1.48. The molecule has 31 heavy (non-hydrogen) atoms. The Kier molecular flexibility index (Phi) is 6.86. The molecule has 1 atom stereocenters. The number of anilines is 1. The number of hydrogen-bond donors (Lipinski definition) is 0. The lowest BCUT2D eigenvalue weighted by Gasteiger charge is -2.40. The van der Waals surface area contributed by atoms with Gasteiger partial charge in [-0.05, 0) is 43.9 Å². The van der Waals surface area contributed by atoms with Crippen LogP contribution in [0.2, 0.25) is 0 Å². The molecule has 8 nitrogen and oxygen atoms in total. The Morgan fingerprint density at radius 3 is 2.39 bits per heavy atom. The van der Waals surface area contributed by atoms with Gasteiger partial charge in [0, 0.05) is 58.0 Å². The molecule has 1 aromatic carbocycles. The van der Waals surface area contributed by atoms with E-state index in [4.69, 9.17) is 4.74 Å². The molecular weight excluding hydrogens is 416 g/mol. The minimum Gasteiger partial charge on any atom is -0.379 e. The van der Waals surface area contributed by atoms with Gasteiger partial charge in [-0.1, -0.05) is 12.1 Å². The first-order valence-electron chi connectivity index (χ1n) is 11.3. The average Bonchev–Trinajstić information content (AvgIpc) is 2.81. The Morgan fingerprint density at radius 2 is 1.68 bits per heavy atom. The summed E-state index contributed by atoms with van der Waals surface area (Å²) in [6, 6.07) is 6.36. The number of aryl methyl sites for hydroxylation is 1. The Bertz CT molecular complexity index is 893. The molecule has 3 heterocycles. The summed E-state index contributed by atoms with van der Waals surface area (Å²) >= 11 is 0. The van der Waals surface area contributed by atoms with Crippen molar-refractivity contribution in [1.82, 2.24) is 13.5 Å². The second-order valence-electron chi connectivity index (χ2n) is 8.75. The Morgan fingerprint density at radius 1 is 0.968 bits per heavy atom. The average molecular weight is 451 g/mol. The van der Waals surface area contributed by atoms with Gasteiger partial charge in [0.15, 0.2) is 0 Å². The SMILES string of the molecule is Cc1cccc(N2CCN(C(=O)[C@@H]3CCCN(S(=O)(=O)N4CCOCC4)C3)CC2)c1C. The summed E-state index contributed by atoms with van der Waals surface area (Å²) in [7, 11) is -3.53. The third kappa shape index (κ3) is 4.74. The van der Waals surface area contributed by atoms with E-state index in [0.717, 1.165) is 25.9 Å². The number of ether oxygens (including phenoxy) is 1. The number of hydrogen-bond acceptors (Lipinski definition) is 5. The molecule has 3 aliphatic rings. The number of piperazine rings is 1. The third-order valence-electron chi connectivity index (χ3n) is 6.86. The molecule has 0 saturated carbocycles. The molecule has 0 unspecified atom stereocenters. The molecule has 9 heteroatoms. The smallest absolute Gasteiger partial charge is 0.282 e. The molecule has 0 radical (unpaired) electrons. The number of carbonyl (C=O) groups is 1. The number of piperidine rings is 1. The first kappa shape index (κ1) is 22.5. The van der Waals surface area contributed by atoms with E-state index >= 15 is 0 Å². The van der Waals surface area contributed by atoms with Crippen molar-refractivity contribution in [3.05, 3.63) is 29.3 Å². The number of benzene rings is 1. The molecule has 3 fully saturated rings. The minimum atomic E-state index is -3.53. The lowest BCUT2D eigenvalue weighted by Crippen LogP contribution is -2.55. The normalized spacial score (nSPS) is 24.4. The van der Waals surface area contributed by atoms with E-state index < -0.39 is 10.2 Å². The van der Waals surface area contributed by atoms with Gasteiger partial charge in [0.25, 0.3) is 10.2 Å². The molecule has 3 aliphatic heterocycles. The van der Waals surface area contributed by atoms with E-state index in [1.165, 1.54) is 25.4 Å². The van der Waals surface area contributed by atoms with Crippen LogP contribution in [0.15, 0.2) is 18.2 Å². The largest absolute Gasteiger partial charge is 0.379 e. The van der Waals surface area contributed by atoms with Crippen LogP contribution in [0, 0.1) is 19.8 Å². The molecule has 0 aromatic heterocycles. The van der Waals surface area contributed by atoms with Crippen LogP contribution in [0.1, 0.15) is 24.0 Å². The summed E-state index contributed by atoms with van der Waals surface area (Å²) in [6.45, 7) is 9.65. The van der Waals surface area contributed by atoms with Gasteiger partial charge in [0.05, 0.1) is 19.1 Å². The van der Waals surface area contributed by atoms with Gasteiger partial charge >= 0.3 is 0 Å². The summed E-state index contributed by atoms with van der Waals surface area (Å²) in [5, 5.41) is 0. The standard InChI is InChI=1S/C22H34N4O4S/c1-18-5-3-7-21(19(18)2)23-9-11-24(12-10-23)22(27)20-6-4-8-26(17-20)31(28,29)25-13-15-30-16-14-25/h3,5,7,20H,4,6,8-17H2,1-2H3/t20-/m1/s1. The third-order valence-corrected chi connectivity index (χ3v) is 8.87. The van der Waals surface area contributed by atoms with Crippen LogP contribution in [-0.4, -0.2) is 93.4 Å². The highest BCUT2D eigenvalue weighted by molar-refractivity contribution is 7.86. The van der Waals surface area contributed by atoms with Crippen molar-refractivity contribution in [2.75, 3.05) is 70.5 Å². The van der Waals surface area contributed by atoms with Crippen LogP contribution in [0.4, 0.5) is 5.69 Å². The second-order valence-corrected chi connectivity index (χ2v) is 10.7. The van der Waals surface area contributed by atoms with E-state index in [-0.39, 0.29) is 18.4 Å². The van der Waals surface area contributed by atoms with Crippen LogP contribution in [0.25, 0.3) is 0 Å². The van der Waals surface area contributed by atoms with Crippen molar-refractivity contribution in [2.45, 2.75) is 26.7 Å². The van der Waals surface area contributed by atoms with Crippen LogP contribution >= 0.6 is 0 Å². The van der Waals surface area contributed by atoms with Crippen molar-refractivity contribution >= 4 is 21.8 Å². The van der Waals surface area contributed by atoms with Crippen molar-refractivity contribution in [1.29, 1.82) is 0 Å². The van der Waals surface area contributed by atoms with Crippen LogP contribution in [-0.2, 0) is 19.7 Å². The fourth-order valence-corrected chi connectivity index (χ4v) is 6.46. The van der Waals surface area contributed by atoms with Crippen molar-refractivity contribution in [3.63, 3.8) is 0 Å². The highest BCUT2D eigenvalue weighted by Gasteiger charge is 2.38. The van der Waals surface area contributed by atoms with Gasteiger partial charge < -0.3 is 14.5 Å². The molecule has 3 saturated heterocycles. The molecule has 0 bridgehead atoms. The van der Waals surface area contributed by atoms with E-state index in [0.29, 0.717) is 45.9 Å². The minimum absolute atomic E-state index is 0.0995. The summed E-state index contributed by atoms with van der Waals surface area (Å²) in [5.74, 6) is -0.153. The quantitative estimate of drug-likeness (QED) is 0.690. The predicted molar refractivity (Wildman–Crippen MR) is 120 cm³/mol. The first-order valence-corrected chi connectivity index (χ1v) is 12.7. The number of nitrogens with zero attached hydrogens (tertiary/aromatic N) is 4. The molecule has 0 N–H and O–H groups in total. The van der Waals surface area contributed by atoms with Gasteiger partial charge in [-0.25, -0.2) is 0 Å². The van der Waals surface area contributed by atoms with Crippen molar-refractivity contribution in [3.8, 4) is 0 Å². The fraction of sp³-hybridized carbons (Fsp3) is 0.682. The zero-order chi connectivity index (χ0) is 22.0. The van der Waals surface area contributed by atoms with Gasteiger partial charge in [-0.15, -0.1) is 0 Å². The lowest BCUT2D eigenvalue weighted by atomic mass is 9.97. The second kappa shape index (κ2) is 9.44. The Balaban J connectivity index is 1.36. The maximum absolute atomic E-state index is 13.2. The van der Waals surface area contributed by atoms with Crippen molar-refractivity contribution < 1.29 is 17.9 Å². The fourth-order valence-electron chi connectivity index (χ4n) is 4.80. The number of amides is 1. The Labute approximate surface area is 185 Å². The maximum Gasteiger partial charge on any atom is 0.282 e. The molecule has 0 spiro atoms. The van der Waals surface area contributed by atoms with E-state index in [2.05, 4.69) is 36.9 Å². The number of rotatable bonds is 4. The summed E-state index contributed by atoms with van der Waals surface area (Å²) in [5.41, 5.74) is 3.81. The van der Waals surface area contributed by atoms with Gasteiger partial charge in [-0.2, -0.15) is 17.0 Å². The molecule has 1 aromatic rings. The number of morpholine rings is 1. The molecule has 0 aliphatic carbocycles. The number of carbonyl (C=O) groups excluding carboxylic acids is 1.